The van der Waals surface area contributed by atoms with Crippen LogP contribution in [0.5, 0.6) is 0 Å². The Kier molecular flexibility index (Phi) is 4.95. The normalized spacial score (nSPS) is 22.6. The quantitative estimate of drug-likeness (QED) is 0.926. The molecule has 0 radical (unpaired) electrons. The summed E-state index contributed by atoms with van der Waals surface area (Å²) in [5.74, 6) is 0.105. The first-order valence-corrected chi connectivity index (χ1v) is 7.63. The molecule has 2 rings (SSSR count). The minimum Gasteiger partial charge on any atom is -0.340 e. The van der Waals surface area contributed by atoms with Crippen LogP contribution < -0.4 is 5.32 Å². The lowest BCUT2D eigenvalue weighted by Gasteiger charge is -2.36. The zero-order valence-corrected chi connectivity index (χ0v) is 13.4. The molecule has 1 aromatic rings. The average Bonchev–Trinajstić information content (AvgIpc) is 2.44. The van der Waals surface area contributed by atoms with Crippen LogP contribution in [-0.4, -0.2) is 29.9 Å². The van der Waals surface area contributed by atoms with Crippen molar-refractivity contribution in [2.24, 2.45) is 0 Å². The summed E-state index contributed by atoms with van der Waals surface area (Å²) >= 11 is 12.2. The van der Waals surface area contributed by atoms with Gasteiger partial charge in [0.05, 0.1) is 15.6 Å². The van der Waals surface area contributed by atoms with Gasteiger partial charge < -0.3 is 10.2 Å². The van der Waals surface area contributed by atoms with E-state index in [0.717, 1.165) is 31.4 Å². The molecule has 1 heterocycles. The van der Waals surface area contributed by atoms with Gasteiger partial charge in [-0.3, -0.25) is 4.79 Å². The van der Waals surface area contributed by atoms with Crippen LogP contribution in [0.1, 0.15) is 31.7 Å². The molecule has 1 aliphatic heterocycles. The Morgan fingerprint density at radius 2 is 2.15 bits per heavy atom. The van der Waals surface area contributed by atoms with Crippen molar-refractivity contribution >= 4 is 29.1 Å². The smallest absolute Gasteiger partial charge is 0.242 e. The molecule has 110 valence electrons. The van der Waals surface area contributed by atoms with Gasteiger partial charge in [-0.25, -0.2) is 0 Å². The van der Waals surface area contributed by atoms with Crippen molar-refractivity contribution in [3.05, 3.63) is 33.8 Å². The number of nitrogens with zero attached hydrogens (tertiary/aromatic N) is 1. The second-order valence-corrected chi connectivity index (χ2v) is 6.38. The minimum atomic E-state index is -0.460. The Hall–Kier alpha value is -0.770. The van der Waals surface area contributed by atoms with E-state index in [1.54, 1.807) is 18.0 Å². The lowest BCUT2D eigenvalue weighted by Crippen LogP contribution is -2.57. The van der Waals surface area contributed by atoms with Crippen LogP contribution in [0.25, 0.3) is 0 Å². The number of rotatable bonds is 3. The van der Waals surface area contributed by atoms with Gasteiger partial charge in [0.2, 0.25) is 5.91 Å². The molecule has 0 spiro atoms. The predicted octanol–water partition coefficient (Wildman–Crippen LogP) is 3.48. The van der Waals surface area contributed by atoms with Gasteiger partial charge in [0.15, 0.2) is 0 Å². The van der Waals surface area contributed by atoms with Gasteiger partial charge in [0.25, 0.3) is 0 Å². The highest BCUT2D eigenvalue weighted by atomic mass is 35.5. The van der Waals surface area contributed by atoms with Crippen LogP contribution >= 0.6 is 23.2 Å². The number of carbonyl (C=O) groups excluding carboxylic acids is 1. The Labute approximate surface area is 130 Å². The standard InChI is InChI=1S/C15H20Cl2N2O/c1-15(8-3-4-9-18-15)14(20)19(2)10-11-6-5-7-12(16)13(11)17/h5-7,18H,3-4,8-10H2,1-2H3. The van der Waals surface area contributed by atoms with Crippen LogP contribution in [0, 0.1) is 0 Å². The van der Waals surface area contributed by atoms with E-state index in [-0.39, 0.29) is 5.91 Å². The molecule has 0 aliphatic carbocycles. The molecule has 20 heavy (non-hydrogen) atoms. The van der Waals surface area contributed by atoms with E-state index in [2.05, 4.69) is 5.32 Å². The van der Waals surface area contributed by atoms with Gasteiger partial charge in [-0.05, 0) is 44.4 Å². The van der Waals surface area contributed by atoms with Gasteiger partial charge >= 0.3 is 0 Å². The van der Waals surface area contributed by atoms with Crippen LogP contribution in [0.15, 0.2) is 18.2 Å². The highest BCUT2D eigenvalue weighted by Crippen LogP contribution is 2.27. The fraction of sp³-hybridized carbons (Fsp3) is 0.533. The van der Waals surface area contributed by atoms with E-state index >= 15 is 0 Å². The summed E-state index contributed by atoms with van der Waals surface area (Å²) in [5, 5.41) is 4.38. The molecular formula is C15H20Cl2N2O. The molecule has 0 aromatic heterocycles. The molecule has 0 bridgehead atoms. The molecule has 1 amide bonds. The first-order chi connectivity index (χ1) is 9.44. The average molecular weight is 315 g/mol. The molecular weight excluding hydrogens is 295 g/mol. The molecule has 3 nitrogen and oxygen atoms in total. The zero-order chi connectivity index (χ0) is 14.8. The van der Waals surface area contributed by atoms with Gasteiger partial charge in [-0.1, -0.05) is 35.3 Å². The number of nitrogens with one attached hydrogen (secondary N) is 1. The second kappa shape index (κ2) is 6.33. The number of hydrogen-bond acceptors (Lipinski definition) is 2. The Balaban J connectivity index is 2.09. The third kappa shape index (κ3) is 3.27. The van der Waals surface area contributed by atoms with E-state index < -0.39 is 5.54 Å². The van der Waals surface area contributed by atoms with Crippen LogP contribution in [0.3, 0.4) is 0 Å². The second-order valence-electron chi connectivity index (χ2n) is 5.59. The summed E-state index contributed by atoms with van der Waals surface area (Å²) in [4.78, 5) is 14.3. The van der Waals surface area contributed by atoms with Crippen molar-refractivity contribution in [1.29, 1.82) is 0 Å². The van der Waals surface area contributed by atoms with E-state index in [9.17, 15) is 4.79 Å². The molecule has 1 aliphatic rings. The summed E-state index contributed by atoms with van der Waals surface area (Å²) in [6.45, 7) is 3.34. The maximum atomic E-state index is 12.6. The maximum Gasteiger partial charge on any atom is 0.242 e. The van der Waals surface area contributed by atoms with Crippen molar-refractivity contribution < 1.29 is 4.79 Å². The first-order valence-electron chi connectivity index (χ1n) is 6.87. The molecule has 1 atom stereocenters. The van der Waals surface area contributed by atoms with Crippen molar-refractivity contribution in [1.82, 2.24) is 10.2 Å². The number of amides is 1. The Morgan fingerprint density at radius 1 is 1.40 bits per heavy atom. The van der Waals surface area contributed by atoms with Crippen molar-refractivity contribution in [2.75, 3.05) is 13.6 Å². The lowest BCUT2D eigenvalue weighted by molar-refractivity contribution is -0.137. The van der Waals surface area contributed by atoms with E-state index in [1.807, 2.05) is 19.1 Å². The molecule has 0 saturated carbocycles. The summed E-state index contributed by atoms with van der Waals surface area (Å²) in [6.07, 6.45) is 3.09. The number of benzene rings is 1. The number of halogens is 2. The van der Waals surface area contributed by atoms with E-state index in [0.29, 0.717) is 16.6 Å². The van der Waals surface area contributed by atoms with Crippen LogP contribution in [0.4, 0.5) is 0 Å². The highest BCUT2D eigenvalue weighted by molar-refractivity contribution is 6.42. The Bertz CT molecular complexity index is 499. The number of likely N-dealkylation sites (N-methyl/N-ethyl adjacent to an activating group) is 1. The molecule has 1 unspecified atom stereocenters. The van der Waals surface area contributed by atoms with Gasteiger partial charge in [-0.15, -0.1) is 0 Å². The monoisotopic (exact) mass is 314 g/mol. The van der Waals surface area contributed by atoms with Crippen LogP contribution in [-0.2, 0) is 11.3 Å². The Morgan fingerprint density at radius 3 is 2.80 bits per heavy atom. The van der Waals surface area contributed by atoms with Crippen molar-refractivity contribution in [3.8, 4) is 0 Å². The number of piperidine rings is 1. The van der Waals surface area contributed by atoms with Gasteiger partial charge in [-0.2, -0.15) is 0 Å². The topological polar surface area (TPSA) is 32.3 Å². The summed E-state index contributed by atoms with van der Waals surface area (Å²) in [5.41, 5.74) is 0.410. The molecule has 1 fully saturated rings. The SMILES string of the molecule is CN(Cc1cccc(Cl)c1Cl)C(=O)C1(C)CCCCN1. The highest BCUT2D eigenvalue weighted by Gasteiger charge is 2.36. The molecule has 1 saturated heterocycles. The number of carbonyl (C=O) groups is 1. The first kappa shape index (κ1) is 15.6. The third-order valence-electron chi connectivity index (χ3n) is 3.88. The third-order valence-corrected chi connectivity index (χ3v) is 4.73. The number of hydrogen-bond donors (Lipinski definition) is 1. The summed E-state index contributed by atoms with van der Waals surface area (Å²) in [6, 6.07) is 5.50. The predicted molar refractivity (Wildman–Crippen MR) is 83.2 cm³/mol. The van der Waals surface area contributed by atoms with E-state index in [4.69, 9.17) is 23.2 Å². The molecule has 1 N–H and O–H groups in total. The van der Waals surface area contributed by atoms with Crippen LogP contribution in [0.2, 0.25) is 10.0 Å². The maximum absolute atomic E-state index is 12.6. The van der Waals surface area contributed by atoms with Crippen molar-refractivity contribution in [2.45, 2.75) is 38.3 Å². The lowest BCUT2D eigenvalue weighted by atomic mass is 9.89. The van der Waals surface area contributed by atoms with E-state index in [1.165, 1.54) is 0 Å². The zero-order valence-electron chi connectivity index (χ0n) is 11.9. The fourth-order valence-corrected chi connectivity index (χ4v) is 3.04. The van der Waals surface area contributed by atoms with Gasteiger partial charge in [0.1, 0.15) is 0 Å². The summed E-state index contributed by atoms with van der Waals surface area (Å²) in [7, 11) is 1.81. The largest absolute Gasteiger partial charge is 0.340 e. The fourth-order valence-electron chi connectivity index (χ4n) is 2.66. The molecule has 1 aromatic carbocycles. The van der Waals surface area contributed by atoms with Crippen molar-refractivity contribution in [3.63, 3.8) is 0 Å². The molecule has 5 heteroatoms. The van der Waals surface area contributed by atoms with Gasteiger partial charge in [0, 0.05) is 13.6 Å². The minimum absolute atomic E-state index is 0.105. The summed E-state index contributed by atoms with van der Waals surface area (Å²) < 4.78 is 0.